The molecule has 0 amide bonds. The highest BCUT2D eigenvalue weighted by Gasteiger charge is 2.25. The van der Waals surface area contributed by atoms with Gasteiger partial charge in [-0.3, -0.25) is 4.68 Å². The average molecular weight is 224 g/mol. The minimum Gasteiger partial charge on any atom is -0.504 e. The highest BCUT2D eigenvalue weighted by Crippen LogP contribution is 2.32. The lowest BCUT2D eigenvalue weighted by atomic mass is 9.91. The van der Waals surface area contributed by atoms with Crippen molar-refractivity contribution in [1.29, 1.82) is 0 Å². The van der Waals surface area contributed by atoms with E-state index >= 15 is 0 Å². The van der Waals surface area contributed by atoms with Crippen LogP contribution in [0.15, 0.2) is 0 Å². The van der Waals surface area contributed by atoms with Crippen LogP contribution >= 0.6 is 0 Å². The van der Waals surface area contributed by atoms with Crippen molar-refractivity contribution in [2.45, 2.75) is 65.8 Å². The predicted molar refractivity (Wildman–Crippen MR) is 66.9 cm³/mol. The third-order valence-corrected chi connectivity index (χ3v) is 2.80. The third-order valence-electron chi connectivity index (χ3n) is 2.80. The summed E-state index contributed by atoms with van der Waals surface area (Å²) >= 11 is 0. The molecule has 0 aliphatic rings. The normalized spacial score (nSPS) is 12.1. The summed E-state index contributed by atoms with van der Waals surface area (Å²) in [5.74, 6) is 0.395. The minimum atomic E-state index is -0.0918. The van der Waals surface area contributed by atoms with Gasteiger partial charge in [-0.05, 0) is 12.8 Å². The van der Waals surface area contributed by atoms with Crippen LogP contribution in [-0.4, -0.2) is 14.9 Å². The maximum Gasteiger partial charge on any atom is 0.160 e. The predicted octanol–water partition coefficient (Wildman–Crippen LogP) is 3.25. The lowest BCUT2D eigenvalue weighted by Gasteiger charge is -2.15. The van der Waals surface area contributed by atoms with Crippen LogP contribution in [0.4, 0.5) is 0 Å². The average Bonchev–Trinajstić information content (AvgIpc) is 2.51. The molecule has 1 aromatic rings. The molecular formula is C13H24N2O. The van der Waals surface area contributed by atoms with Crippen LogP contribution in [0, 0.1) is 0 Å². The van der Waals surface area contributed by atoms with Crippen molar-refractivity contribution in [3.05, 3.63) is 11.4 Å². The van der Waals surface area contributed by atoms with Gasteiger partial charge in [0, 0.05) is 12.0 Å². The lowest BCUT2D eigenvalue weighted by molar-refractivity contribution is 0.439. The molecule has 1 rings (SSSR count). The van der Waals surface area contributed by atoms with Gasteiger partial charge < -0.3 is 5.11 Å². The van der Waals surface area contributed by atoms with Crippen molar-refractivity contribution in [3.63, 3.8) is 0 Å². The number of aromatic hydroxyl groups is 1. The van der Waals surface area contributed by atoms with Crippen molar-refractivity contribution < 1.29 is 5.11 Å². The summed E-state index contributed by atoms with van der Waals surface area (Å²) in [4.78, 5) is 0. The van der Waals surface area contributed by atoms with E-state index in [0.717, 1.165) is 37.2 Å². The first kappa shape index (κ1) is 13.1. The molecule has 0 atom stereocenters. The van der Waals surface area contributed by atoms with E-state index < -0.39 is 0 Å². The van der Waals surface area contributed by atoms with Crippen molar-refractivity contribution in [3.8, 4) is 5.75 Å². The van der Waals surface area contributed by atoms with E-state index in [9.17, 15) is 5.11 Å². The Hall–Kier alpha value is -0.990. The number of hydrogen-bond donors (Lipinski definition) is 1. The van der Waals surface area contributed by atoms with Crippen molar-refractivity contribution in [2.75, 3.05) is 0 Å². The molecule has 16 heavy (non-hydrogen) atoms. The highest BCUT2D eigenvalue weighted by molar-refractivity contribution is 5.36. The molecule has 0 saturated carbocycles. The van der Waals surface area contributed by atoms with Gasteiger partial charge in [0.05, 0.1) is 5.69 Å². The molecule has 3 nitrogen and oxygen atoms in total. The fraction of sp³-hybridized carbons (Fsp3) is 0.769. The van der Waals surface area contributed by atoms with Crippen LogP contribution in [0.3, 0.4) is 0 Å². The molecule has 0 aliphatic heterocycles. The number of aryl methyl sites for hydroxylation is 1. The summed E-state index contributed by atoms with van der Waals surface area (Å²) in [7, 11) is 0. The molecule has 0 spiro atoms. The molecule has 1 N–H and O–H groups in total. The van der Waals surface area contributed by atoms with Crippen LogP contribution in [0.2, 0.25) is 0 Å². The molecule has 92 valence electrons. The first-order chi connectivity index (χ1) is 7.41. The molecular weight excluding hydrogens is 200 g/mol. The second-order valence-electron chi connectivity index (χ2n) is 5.32. The molecule has 0 unspecified atom stereocenters. The van der Waals surface area contributed by atoms with E-state index in [0.29, 0.717) is 5.75 Å². The number of rotatable bonds is 4. The van der Waals surface area contributed by atoms with Crippen molar-refractivity contribution >= 4 is 0 Å². The van der Waals surface area contributed by atoms with Crippen molar-refractivity contribution in [1.82, 2.24) is 9.78 Å². The fourth-order valence-electron chi connectivity index (χ4n) is 1.84. The molecule has 3 heteroatoms. The van der Waals surface area contributed by atoms with Crippen LogP contribution in [0.1, 0.15) is 58.8 Å². The summed E-state index contributed by atoms with van der Waals surface area (Å²) in [5, 5.41) is 14.7. The summed E-state index contributed by atoms with van der Waals surface area (Å²) < 4.78 is 1.97. The zero-order chi connectivity index (χ0) is 12.3. The van der Waals surface area contributed by atoms with Gasteiger partial charge >= 0.3 is 0 Å². The molecule has 0 aromatic carbocycles. The van der Waals surface area contributed by atoms with Crippen LogP contribution in [0.5, 0.6) is 5.75 Å². The second kappa shape index (κ2) is 4.89. The number of nitrogens with zero attached hydrogens (tertiary/aromatic N) is 2. The number of unbranched alkanes of at least 4 members (excludes halogenated alkanes) is 1. The minimum absolute atomic E-state index is 0.0918. The Bertz CT molecular complexity index is 348. The zero-order valence-electron chi connectivity index (χ0n) is 11.2. The van der Waals surface area contributed by atoms with E-state index in [2.05, 4.69) is 39.7 Å². The summed E-state index contributed by atoms with van der Waals surface area (Å²) in [6.45, 7) is 11.4. The second-order valence-corrected chi connectivity index (χ2v) is 5.32. The SMILES string of the molecule is CCCCn1nc(C(C)(C)C)c(O)c1CC. The molecule has 0 fully saturated rings. The Morgan fingerprint density at radius 2 is 1.88 bits per heavy atom. The first-order valence-corrected chi connectivity index (χ1v) is 6.20. The molecule has 0 saturated heterocycles. The molecule has 0 aliphatic carbocycles. The quantitative estimate of drug-likeness (QED) is 0.852. The smallest absolute Gasteiger partial charge is 0.160 e. The standard InChI is InChI=1S/C13H24N2O/c1-6-8-9-15-10(7-2)11(16)12(14-15)13(3,4)5/h16H,6-9H2,1-5H3. The van der Waals surface area contributed by atoms with Gasteiger partial charge in [-0.1, -0.05) is 41.0 Å². The maximum absolute atomic E-state index is 10.2. The monoisotopic (exact) mass is 224 g/mol. The van der Waals surface area contributed by atoms with Gasteiger partial charge in [0.25, 0.3) is 0 Å². The molecule has 1 aromatic heterocycles. The van der Waals surface area contributed by atoms with Crippen molar-refractivity contribution in [2.24, 2.45) is 0 Å². The van der Waals surface area contributed by atoms with Gasteiger partial charge in [0.1, 0.15) is 5.69 Å². The summed E-state index contributed by atoms with van der Waals surface area (Å²) in [6.07, 6.45) is 3.09. The number of hydrogen-bond acceptors (Lipinski definition) is 2. The maximum atomic E-state index is 10.2. The summed E-state index contributed by atoms with van der Waals surface area (Å²) in [5.41, 5.74) is 1.70. The van der Waals surface area contributed by atoms with E-state index in [1.165, 1.54) is 0 Å². The summed E-state index contributed by atoms with van der Waals surface area (Å²) in [6, 6.07) is 0. The third kappa shape index (κ3) is 2.57. The van der Waals surface area contributed by atoms with Gasteiger partial charge in [0.15, 0.2) is 5.75 Å². The Kier molecular flexibility index (Phi) is 4.00. The van der Waals surface area contributed by atoms with Gasteiger partial charge in [0.2, 0.25) is 0 Å². The van der Waals surface area contributed by atoms with Crippen LogP contribution in [-0.2, 0) is 18.4 Å². The van der Waals surface area contributed by atoms with Gasteiger partial charge in [-0.2, -0.15) is 5.10 Å². The Morgan fingerprint density at radius 3 is 2.31 bits per heavy atom. The lowest BCUT2D eigenvalue weighted by Crippen LogP contribution is -2.13. The topological polar surface area (TPSA) is 38.0 Å². The zero-order valence-corrected chi connectivity index (χ0v) is 11.2. The molecule has 0 bridgehead atoms. The van der Waals surface area contributed by atoms with Gasteiger partial charge in [-0.15, -0.1) is 0 Å². The van der Waals surface area contributed by atoms with E-state index in [1.807, 2.05) is 4.68 Å². The fourth-order valence-corrected chi connectivity index (χ4v) is 1.84. The molecule has 0 radical (unpaired) electrons. The van der Waals surface area contributed by atoms with E-state index in [1.54, 1.807) is 0 Å². The Morgan fingerprint density at radius 1 is 1.25 bits per heavy atom. The number of aromatic nitrogens is 2. The highest BCUT2D eigenvalue weighted by atomic mass is 16.3. The Labute approximate surface area is 98.5 Å². The van der Waals surface area contributed by atoms with E-state index in [-0.39, 0.29) is 5.41 Å². The molecule has 1 heterocycles. The Balaban J connectivity index is 3.10. The van der Waals surface area contributed by atoms with Crippen LogP contribution < -0.4 is 0 Å². The van der Waals surface area contributed by atoms with Gasteiger partial charge in [-0.25, -0.2) is 0 Å². The van der Waals surface area contributed by atoms with E-state index in [4.69, 9.17) is 0 Å². The van der Waals surface area contributed by atoms with Crippen LogP contribution in [0.25, 0.3) is 0 Å². The largest absolute Gasteiger partial charge is 0.504 e. The first-order valence-electron chi connectivity index (χ1n) is 6.20.